The second-order valence-electron chi connectivity index (χ2n) is 8.91. The molecule has 2 aromatic heterocycles. The number of amides is 1. The summed E-state index contributed by atoms with van der Waals surface area (Å²) in [6.07, 6.45) is 2.65. The molecule has 1 aromatic carbocycles. The lowest BCUT2D eigenvalue weighted by atomic mass is 9.88. The van der Waals surface area contributed by atoms with Gasteiger partial charge in [0.1, 0.15) is 16.6 Å². The van der Waals surface area contributed by atoms with Crippen LogP contribution in [0, 0.1) is 12.8 Å². The zero-order valence-corrected chi connectivity index (χ0v) is 23.0. The van der Waals surface area contributed by atoms with Crippen LogP contribution in [0.4, 0.5) is 5.00 Å². The number of carbonyl (C=O) groups excluding carboxylic acids is 2. The number of aryl methyl sites for hydroxylation is 1. The zero-order valence-electron chi connectivity index (χ0n) is 20.5. The third kappa shape index (κ3) is 5.65. The van der Waals surface area contributed by atoms with Crippen molar-refractivity contribution in [2.75, 3.05) is 18.2 Å². The van der Waals surface area contributed by atoms with Gasteiger partial charge in [0.2, 0.25) is 5.91 Å². The van der Waals surface area contributed by atoms with Crippen LogP contribution in [0.5, 0.6) is 0 Å². The molecule has 1 N–H and O–H groups in total. The molecule has 1 aliphatic rings. The number of thioether (sulfide) groups is 1. The Labute approximate surface area is 218 Å². The van der Waals surface area contributed by atoms with Crippen LogP contribution >= 0.6 is 23.1 Å². The predicted molar refractivity (Wildman–Crippen MR) is 139 cm³/mol. The molecule has 0 radical (unpaired) electrons. The fraction of sp³-hybridized carbons (Fsp3) is 0.417. The Kier molecular flexibility index (Phi) is 7.86. The van der Waals surface area contributed by atoms with Crippen molar-refractivity contribution in [3.8, 4) is 0 Å². The van der Waals surface area contributed by atoms with Crippen molar-refractivity contribution >= 4 is 49.8 Å². The summed E-state index contributed by atoms with van der Waals surface area (Å²) >= 11 is 2.58. The number of nitrogens with one attached hydrogen (secondary N) is 1. The smallest absolute Gasteiger partial charge is 0.341 e. The molecule has 0 spiro atoms. The molecule has 4 rings (SSSR count). The monoisotopic (exact) mass is 548 g/mol. The third-order valence-corrected chi connectivity index (χ3v) is 9.93. The molecule has 1 amide bonds. The van der Waals surface area contributed by atoms with Crippen LogP contribution in [0.2, 0.25) is 0 Å². The minimum absolute atomic E-state index is 0.0241. The van der Waals surface area contributed by atoms with Crippen molar-refractivity contribution in [3.05, 3.63) is 51.7 Å². The topological polar surface area (TPSA) is 120 Å². The molecule has 0 bridgehead atoms. The molecule has 3 aromatic rings. The Morgan fingerprint density at radius 2 is 1.97 bits per heavy atom. The standard InChI is InChI=1S/C24H28N4O5S3/c1-14-5-8-16(9-6-14)36(31,32)13-19-26-27-24(28(19)3)34-12-20(29)25-22-21(23(30)33-4)17-10-7-15(2)11-18(17)35-22/h5-6,8-9,15H,7,10-13H2,1-4H3,(H,25,29). The molecule has 1 unspecified atom stereocenters. The average molecular weight is 549 g/mol. The van der Waals surface area contributed by atoms with Gasteiger partial charge in [-0.2, -0.15) is 0 Å². The largest absolute Gasteiger partial charge is 0.465 e. The Bertz CT molecular complexity index is 1390. The maximum Gasteiger partial charge on any atom is 0.341 e. The number of rotatable bonds is 8. The number of methoxy groups -OCH3 is 1. The molecule has 0 saturated carbocycles. The van der Waals surface area contributed by atoms with Crippen molar-refractivity contribution in [2.45, 2.75) is 48.9 Å². The quantitative estimate of drug-likeness (QED) is 0.333. The molecule has 0 saturated heterocycles. The number of thiophene rings is 1. The first-order valence-electron chi connectivity index (χ1n) is 11.4. The second kappa shape index (κ2) is 10.7. The number of ether oxygens (including phenoxy) is 1. The van der Waals surface area contributed by atoms with E-state index in [1.165, 1.54) is 18.4 Å². The maximum atomic E-state index is 12.8. The van der Waals surface area contributed by atoms with Gasteiger partial charge in [0.05, 0.1) is 23.3 Å². The minimum atomic E-state index is -3.59. The van der Waals surface area contributed by atoms with Crippen LogP contribution in [0.3, 0.4) is 0 Å². The van der Waals surface area contributed by atoms with E-state index in [0.717, 1.165) is 47.0 Å². The van der Waals surface area contributed by atoms with E-state index in [1.54, 1.807) is 35.9 Å². The molecule has 12 heteroatoms. The van der Waals surface area contributed by atoms with E-state index in [9.17, 15) is 18.0 Å². The predicted octanol–water partition coefficient (Wildman–Crippen LogP) is 3.80. The number of aromatic nitrogens is 3. The molecule has 2 heterocycles. The van der Waals surface area contributed by atoms with Crippen LogP contribution in [-0.4, -0.2) is 47.9 Å². The highest BCUT2D eigenvalue weighted by molar-refractivity contribution is 7.99. The summed E-state index contributed by atoms with van der Waals surface area (Å²) in [4.78, 5) is 26.5. The second-order valence-corrected chi connectivity index (χ2v) is 13.0. The number of nitrogens with zero attached hydrogens (tertiary/aromatic N) is 3. The van der Waals surface area contributed by atoms with Gasteiger partial charge in [0.15, 0.2) is 15.0 Å². The molecular weight excluding hydrogens is 520 g/mol. The van der Waals surface area contributed by atoms with Gasteiger partial charge in [0.25, 0.3) is 0 Å². The van der Waals surface area contributed by atoms with Gasteiger partial charge >= 0.3 is 5.97 Å². The Morgan fingerprint density at radius 3 is 2.67 bits per heavy atom. The Balaban J connectivity index is 1.43. The van der Waals surface area contributed by atoms with E-state index in [0.29, 0.717) is 21.6 Å². The van der Waals surface area contributed by atoms with Crippen molar-refractivity contribution < 1.29 is 22.7 Å². The lowest BCUT2D eigenvalue weighted by Crippen LogP contribution is -2.17. The van der Waals surface area contributed by atoms with Crippen molar-refractivity contribution in [2.24, 2.45) is 13.0 Å². The first-order chi connectivity index (χ1) is 17.1. The van der Waals surface area contributed by atoms with Crippen molar-refractivity contribution in [3.63, 3.8) is 0 Å². The minimum Gasteiger partial charge on any atom is -0.465 e. The van der Waals surface area contributed by atoms with Gasteiger partial charge < -0.3 is 14.6 Å². The first kappa shape index (κ1) is 26.4. The molecule has 0 aliphatic heterocycles. The highest BCUT2D eigenvalue weighted by Crippen LogP contribution is 2.40. The molecule has 0 fully saturated rings. The number of anilines is 1. The number of hydrogen-bond donors (Lipinski definition) is 1. The van der Waals surface area contributed by atoms with Crippen molar-refractivity contribution in [1.82, 2.24) is 14.8 Å². The summed E-state index contributed by atoms with van der Waals surface area (Å²) in [5.74, 6) is -0.205. The summed E-state index contributed by atoms with van der Waals surface area (Å²) in [5.41, 5.74) is 2.39. The van der Waals surface area contributed by atoms with Crippen LogP contribution in [-0.2, 0) is 45.0 Å². The number of hydrogen-bond acceptors (Lipinski definition) is 9. The lowest BCUT2D eigenvalue weighted by molar-refractivity contribution is -0.113. The van der Waals surface area contributed by atoms with Gasteiger partial charge in [-0.25, -0.2) is 13.2 Å². The summed E-state index contributed by atoms with van der Waals surface area (Å²) in [7, 11) is -0.579. The summed E-state index contributed by atoms with van der Waals surface area (Å²) in [5, 5.41) is 11.9. The van der Waals surface area contributed by atoms with Gasteiger partial charge in [-0.15, -0.1) is 21.5 Å². The van der Waals surface area contributed by atoms with Crippen molar-refractivity contribution in [1.29, 1.82) is 0 Å². The van der Waals surface area contributed by atoms with E-state index >= 15 is 0 Å². The number of esters is 1. The highest BCUT2D eigenvalue weighted by Gasteiger charge is 2.29. The van der Waals surface area contributed by atoms with Gasteiger partial charge in [0, 0.05) is 11.9 Å². The van der Waals surface area contributed by atoms with Gasteiger partial charge in [-0.3, -0.25) is 4.79 Å². The molecule has 1 aliphatic carbocycles. The molecule has 9 nitrogen and oxygen atoms in total. The third-order valence-electron chi connectivity index (χ3n) is 6.11. The fourth-order valence-corrected chi connectivity index (χ4v) is 7.50. The van der Waals surface area contributed by atoms with E-state index in [2.05, 4.69) is 22.4 Å². The molecule has 1 atom stereocenters. The van der Waals surface area contributed by atoms with Crippen LogP contribution < -0.4 is 5.32 Å². The highest BCUT2D eigenvalue weighted by atomic mass is 32.2. The van der Waals surface area contributed by atoms with E-state index in [1.807, 2.05) is 6.92 Å². The fourth-order valence-electron chi connectivity index (χ4n) is 4.04. The van der Waals surface area contributed by atoms with E-state index in [-0.39, 0.29) is 28.1 Å². The number of sulfone groups is 1. The summed E-state index contributed by atoms with van der Waals surface area (Å²) in [6.45, 7) is 4.07. The number of carbonyl (C=O) groups is 2. The summed E-state index contributed by atoms with van der Waals surface area (Å²) in [6, 6.07) is 6.65. The maximum absolute atomic E-state index is 12.8. The van der Waals surface area contributed by atoms with Crippen LogP contribution in [0.1, 0.15) is 45.5 Å². The molecule has 36 heavy (non-hydrogen) atoms. The van der Waals surface area contributed by atoms with E-state index in [4.69, 9.17) is 4.74 Å². The zero-order chi connectivity index (χ0) is 26.0. The first-order valence-corrected chi connectivity index (χ1v) is 14.9. The van der Waals surface area contributed by atoms with Crippen LogP contribution in [0.25, 0.3) is 0 Å². The van der Waals surface area contributed by atoms with Gasteiger partial charge in [-0.1, -0.05) is 36.4 Å². The summed E-state index contributed by atoms with van der Waals surface area (Å²) < 4.78 is 32.1. The normalized spacial score (nSPS) is 15.4. The number of fused-ring (bicyclic) bond motifs is 1. The Morgan fingerprint density at radius 1 is 1.25 bits per heavy atom. The molecular formula is C24H28N4O5S3. The average Bonchev–Trinajstić information content (AvgIpc) is 3.36. The van der Waals surface area contributed by atoms with Crippen LogP contribution in [0.15, 0.2) is 34.3 Å². The Hall–Kier alpha value is -2.70. The number of benzene rings is 1. The van der Waals surface area contributed by atoms with Gasteiger partial charge in [-0.05, 0) is 49.8 Å². The molecule has 192 valence electrons. The van der Waals surface area contributed by atoms with E-state index < -0.39 is 15.8 Å². The SMILES string of the molecule is COC(=O)c1c(NC(=O)CSc2nnc(CS(=O)(=O)c3ccc(C)cc3)n2C)sc2c1CCC(C)C2. The lowest BCUT2D eigenvalue weighted by Gasteiger charge is -2.18.